The highest BCUT2D eigenvalue weighted by molar-refractivity contribution is 5.91. The van der Waals surface area contributed by atoms with E-state index in [4.69, 9.17) is 0 Å². The Morgan fingerprint density at radius 2 is 2.11 bits per heavy atom. The summed E-state index contributed by atoms with van der Waals surface area (Å²) in [6.45, 7) is 5.64. The molecule has 0 unspecified atom stereocenters. The summed E-state index contributed by atoms with van der Waals surface area (Å²) in [5.41, 5.74) is 6.38. The van der Waals surface area contributed by atoms with Crippen molar-refractivity contribution in [1.29, 1.82) is 0 Å². The minimum absolute atomic E-state index is 0.327. The van der Waals surface area contributed by atoms with E-state index < -0.39 is 0 Å². The van der Waals surface area contributed by atoms with E-state index in [1.807, 2.05) is 37.2 Å². The first kappa shape index (κ1) is 15.4. The van der Waals surface area contributed by atoms with Crippen LogP contribution in [-0.4, -0.2) is 31.7 Å². The van der Waals surface area contributed by atoms with E-state index in [1.54, 1.807) is 0 Å². The van der Waals surface area contributed by atoms with E-state index in [0.717, 1.165) is 24.2 Å². The lowest BCUT2D eigenvalue weighted by molar-refractivity contribution is -0.134. The molecule has 1 aromatic carbocycles. The zero-order chi connectivity index (χ0) is 14.3. The fourth-order valence-electron chi connectivity index (χ4n) is 1.94. The summed E-state index contributed by atoms with van der Waals surface area (Å²) in [5, 5.41) is 2.03. The van der Waals surface area contributed by atoms with Crippen molar-refractivity contribution in [2.45, 2.75) is 20.4 Å². The van der Waals surface area contributed by atoms with Crippen LogP contribution in [0, 0.1) is 0 Å². The van der Waals surface area contributed by atoms with Crippen molar-refractivity contribution >= 4 is 11.5 Å². The van der Waals surface area contributed by atoms with Crippen molar-refractivity contribution in [3.8, 4) is 0 Å². The van der Waals surface area contributed by atoms with Crippen molar-refractivity contribution in [1.82, 2.24) is 10.4 Å². The Morgan fingerprint density at radius 3 is 2.74 bits per heavy atom. The van der Waals surface area contributed by atoms with Crippen LogP contribution in [0.25, 0.3) is 5.57 Å². The topological polar surface area (TPSA) is 41.6 Å². The molecule has 104 valence electrons. The second kappa shape index (κ2) is 7.71. The van der Waals surface area contributed by atoms with Gasteiger partial charge in [-0.1, -0.05) is 31.2 Å². The average molecular weight is 262 g/mol. The molecule has 0 heterocycles. The number of benzene rings is 1. The molecule has 0 aliphatic rings. The van der Waals surface area contributed by atoms with Crippen LogP contribution >= 0.6 is 0 Å². The molecule has 1 aromatic rings. The molecule has 0 saturated carbocycles. The number of rotatable bonds is 6. The van der Waals surface area contributed by atoms with E-state index in [9.17, 15) is 4.79 Å². The molecule has 0 spiro atoms. The van der Waals surface area contributed by atoms with Crippen LogP contribution in [0.5, 0.6) is 0 Å². The van der Waals surface area contributed by atoms with Crippen LogP contribution in [0.15, 0.2) is 30.3 Å². The van der Waals surface area contributed by atoms with Crippen molar-refractivity contribution in [3.63, 3.8) is 0 Å². The van der Waals surface area contributed by atoms with Gasteiger partial charge in [0.05, 0.1) is 7.11 Å². The quantitative estimate of drug-likeness (QED) is 0.485. The number of carbonyl (C=O) groups is 1. The lowest BCUT2D eigenvalue weighted by Gasteiger charge is -2.19. The molecule has 0 aliphatic heterocycles. The molecule has 19 heavy (non-hydrogen) atoms. The molecule has 4 nitrogen and oxygen atoms in total. The summed E-state index contributed by atoms with van der Waals surface area (Å²) >= 11 is 0. The lowest BCUT2D eigenvalue weighted by Crippen LogP contribution is -2.33. The number of hydrogen-bond donors (Lipinski definition) is 1. The maximum absolute atomic E-state index is 11.3. The van der Waals surface area contributed by atoms with Gasteiger partial charge in [-0.05, 0) is 23.6 Å². The molecule has 0 atom stereocenters. The van der Waals surface area contributed by atoms with Gasteiger partial charge in [-0.25, -0.2) is 9.80 Å². The fraction of sp³-hybridized carbons (Fsp3) is 0.400. The molecule has 0 aromatic heterocycles. The second-order valence-electron chi connectivity index (χ2n) is 4.38. The molecule has 0 bridgehead atoms. The summed E-state index contributed by atoms with van der Waals surface area (Å²) in [7, 11) is 3.39. The van der Waals surface area contributed by atoms with Gasteiger partial charge in [0, 0.05) is 26.2 Å². The largest absolute Gasteiger partial charge is 0.466 e. The van der Waals surface area contributed by atoms with E-state index in [0.29, 0.717) is 0 Å². The SMILES string of the molecule is CCNN(C)Cc1ccccc1C(C)=CC(=O)OC. The first-order valence-corrected chi connectivity index (χ1v) is 6.37. The Morgan fingerprint density at radius 1 is 1.42 bits per heavy atom. The first-order chi connectivity index (χ1) is 9.08. The number of allylic oxidation sites excluding steroid dienone is 1. The Hall–Kier alpha value is -1.65. The molecular weight excluding hydrogens is 240 g/mol. The third kappa shape index (κ3) is 4.85. The van der Waals surface area contributed by atoms with Gasteiger partial charge in [-0.15, -0.1) is 0 Å². The molecule has 1 rings (SSSR count). The number of carbonyl (C=O) groups excluding carboxylic acids is 1. The van der Waals surface area contributed by atoms with Crippen LogP contribution in [-0.2, 0) is 16.1 Å². The number of esters is 1. The van der Waals surface area contributed by atoms with Gasteiger partial charge in [-0.2, -0.15) is 0 Å². The van der Waals surface area contributed by atoms with Gasteiger partial charge in [-0.3, -0.25) is 5.43 Å². The predicted octanol–water partition coefficient (Wildman–Crippen LogP) is 2.22. The monoisotopic (exact) mass is 262 g/mol. The molecular formula is C15H22N2O2. The van der Waals surface area contributed by atoms with Gasteiger partial charge >= 0.3 is 5.97 Å². The van der Waals surface area contributed by atoms with E-state index in [1.165, 1.54) is 18.7 Å². The Labute approximate surface area is 115 Å². The fourth-order valence-corrected chi connectivity index (χ4v) is 1.94. The van der Waals surface area contributed by atoms with Crippen LogP contribution < -0.4 is 5.43 Å². The Kier molecular flexibility index (Phi) is 6.25. The van der Waals surface area contributed by atoms with Gasteiger partial charge in [0.2, 0.25) is 0 Å². The molecule has 1 N–H and O–H groups in total. The van der Waals surface area contributed by atoms with Crippen molar-refractivity contribution in [2.75, 3.05) is 20.7 Å². The number of hydrazine groups is 1. The normalized spacial score (nSPS) is 11.7. The zero-order valence-electron chi connectivity index (χ0n) is 12.1. The Bertz CT molecular complexity index is 455. The van der Waals surface area contributed by atoms with Gasteiger partial charge < -0.3 is 4.74 Å². The summed E-state index contributed by atoms with van der Waals surface area (Å²) in [4.78, 5) is 11.3. The number of methoxy groups -OCH3 is 1. The summed E-state index contributed by atoms with van der Waals surface area (Å²) < 4.78 is 4.66. The third-order valence-electron chi connectivity index (χ3n) is 2.81. The van der Waals surface area contributed by atoms with Crippen LogP contribution in [0.1, 0.15) is 25.0 Å². The third-order valence-corrected chi connectivity index (χ3v) is 2.81. The molecule has 4 heteroatoms. The Balaban J connectivity index is 2.95. The number of ether oxygens (including phenoxy) is 1. The van der Waals surface area contributed by atoms with Gasteiger partial charge in [0.25, 0.3) is 0 Å². The smallest absolute Gasteiger partial charge is 0.330 e. The number of hydrogen-bond acceptors (Lipinski definition) is 4. The van der Waals surface area contributed by atoms with Gasteiger partial charge in [0.15, 0.2) is 0 Å². The van der Waals surface area contributed by atoms with E-state index in [2.05, 4.69) is 23.2 Å². The standard InChI is InChI=1S/C15H22N2O2/c1-5-16-17(3)11-13-8-6-7-9-14(13)12(2)10-15(18)19-4/h6-10,16H,5,11H2,1-4H3. The maximum Gasteiger partial charge on any atom is 0.330 e. The summed E-state index contributed by atoms with van der Waals surface area (Å²) in [6.07, 6.45) is 1.52. The maximum atomic E-state index is 11.3. The highest BCUT2D eigenvalue weighted by Gasteiger charge is 2.07. The average Bonchev–Trinajstić information content (AvgIpc) is 2.39. The van der Waals surface area contributed by atoms with Crippen LogP contribution in [0.4, 0.5) is 0 Å². The van der Waals surface area contributed by atoms with Crippen molar-refractivity contribution in [3.05, 3.63) is 41.5 Å². The summed E-state index contributed by atoms with van der Waals surface area (Å²) in [6, 6.07) is 8.06. The second-order valence-corrected chi connectivity index (χ2v) is 4.38. The molecule has 0 saturated heterocycles. The first-order valence-electron chi connectivity index (χ1n) is 6.37. The molecule has 0 aliphatic carbocycles. The molecule has 0 fully saturated rings. The highest BCUT2D eigenvalue weighted by Crippen LogP contribution is 2.19. The summed E-state index contributed by atoms with van der Waals surface area (Å²) in [5.74, 6) is -0.327. The van der Waals surface area contributed by atoms with Crippen LogP contribution in [0.3, 0.4) is 0 Å². The molecule has 0 radical (unpaired) electrons. The highest BCUT2D eigenvalue weighted by atomic mass is 16.5. The van der Waals surface area contributed by atoms with Crippen molar-refractivity contribution in [2.24, 2.45) is 0 Å². The predicted molar refractivity (Wildman–Crippen MR) is 77.3 cm³/mol. The zero-order valence-corrected chi connectivity index (χ0v) is 12.1. The lowest BCUT2D eigenvalue weighted by atomic mass is 10.0. The van der Waals surface area contributed by atoms with Crippen molar-refractivity contribution < 1.29 is 9.53 Å². The molecule has 0 amide bonds. The number of nitrogens with one attached hydrogen (secondary N) is 1. The minimum atomic E-state index is -0.327. The van der Waals surface area contributed by atoms with E-state index >= 15 is 0 Å². The minimum Gasteiger partial charge on any atom is -0.466 e. The van der Waals surface area contributed by atoms with Crippen LogP contribution in [0.2, 0.25) is 0 Å². The van der Waals surface area contributed by atoms with E-state index in [-0.39, 0.29) is 5.97 Å². The van der Waals surface area contributed by atoms with Gasteiger partial charge in [0.1, 0.15) is 0 Å². The number of nitrogens with zero attached hydrogens (tertiary/aromatic N) is 1.